The first kappa shape index (κ1) is 27.9. The smallest absolute Gasteiger partial charge is 0.252 e. The Labute approximate surface area is 218 Å². The van der Waals surface area contributed by atoms with Gasteiger partial charge in [-0.05, 0) is 31.5 Å². The Hall–Kier alpha value is -3.64. The minimum Gasteiger partial charge on any atom is -0.491 e. The number of fused-ring (bicyclic) bond motifs is 2. The number of carbonyl (C=O) groups is 4. The van der Waals surface area contributed by atoms with E-state index in [0.29, 0.717) is 11.5 Å². The monoisotopic (exact) mass is 535 g/mol. The van der Waals surface area contributed by atoms with Crippen molar-refractivity contribution in [2.75, 3.05) is 32.8 Å². The third kappa shape index (κ3) is 8.19. The number of aromatic nitrogens is 1. The summed E-state index contributed by atoms with van der Waals surface area (Å²) < 4.78 is 10.7. The SMILES string of the molecule is Cc1ccc2cc1OCCNC(=O)CN(C(=O)CCc1cc(Cl)no1)CCNC(=O)[C@H]([C@@H](C)O)NC2=O. The third-order valence-electron chi connectivity index (χ3n) is 5.67. The van der Waals surface area contributed by atoms with Gasteiger partial charge in [-0.15, -0.1) is 0 Å². The standard InChI is InChI=1S/C24H30ClN5O7/c1-14-3-4-16-11-18(14)36-10-8-26-20(32)13-30(21(33)6-5-17-12-19(25)29-37-17)9-7-27-24(35)22(15(2)31)28-23(16)34/h3-4,11-12,15,22,31H,5-10,13H2,1-2H3,(H,26,32)(H,27,35)(H,28,34)/t15-,22+/m1/s1. The maximum atomic E-state index is 12.9. The number of ether oxygens (including phenoxy) is 1. The van der Waals surface area contributed by atoms with E-state index in [2.05, 4.69) is 21.1 Å². The van der Waals surface area contributed by atoms with Gasteiger partial charge in [0.25, 0.3) is 5.91 Å². The van der Waals surface area contributed by atoms with Gasteiger partial charge in [0.15, 0.2) is 5.15 Å². The summed E-state index contributed by atoms with van der Waals surface area (Å²) in [5, 5.41) is 21.7. The molecule has 37 heavy (non-hydrogen) atoms. The van der Waals surface area contributed by atoms with Crippen molar-refractivity contribution in [2.45, 2.75) is 38.8 Å². The van der Waals surface area contributed by atoms with Crippen molar-refractivity contribution in [3.63, 3.8) is 0 Å². The Balaban J connectivity index is 1.74. The van der Waals surface area contributed by atoms with E-state index in [-0.39, 0.29) is 62.3 Å². The molecule has 0 saturated heterocycles. The average Bonchev–Trinajstić information content (AvgIpc) is 3.28. The number of carbonyl (C=O) groups excluding carboxylic acids is 4. The first-order valence-electron chi connectivity index (χ1n) is 11.8. The third-order valence-corrected chi connectivity index (χ3v) is 5.85. The fraction of sp³-hybridized carbons (Fsp3) is 0.458. The highest BCUT2D eigenvalue weighted by molar-refractivity contribution is 6.29. The Morgan fingerprint density at radius 1 is 1.24 bits per heavy atom. The summed E-state index contributed by atoms with van der Waals surface area (Å²) in [6.45, 7) is 3.27. The molecule has 0 spiro atoms. The molecule has 4 N–H and O–H groups in total. The lowest BCUT2D eigenvalue weighted by Crippen LogP contribution is -2.53. The Bertz CT molecular complexity index is 1140. The lowest BCUT2D eigenvalue weighted by atomic mass is 10.1. The zero-order valence-corrected chi connectivity index (χ0v) is 21.3. The van der Waals surface area contributed by atoms with Gasteiger partial charge in [0.2, 0.25) is 17.7 Å². The largest absolute Gasteiger partial charge is 0.491 e. The number of aryl methyl sites for hydroxylation is 2. The molecule has 2 bridgehead atoms. The Morgan fingerprint density at radius 3 is 2.73 bits per heavy atom. The highest BCUT2D eigenvalue weighted by Gasteiger charge is 2.27. The van der Waals surface area contributed by atoms with Crippen LogP contribution in [0.2, 0.25) is 5.15 Å². The van der Waals surface area contributed by atoms with Crippen molar-refractivity contribution in [2.24, 2.45) is 0 Å². The second kappa shape index (κ2) is 13.1. The van der Waals surface area contributed by atoms with E-state index in [0.717, 1.165) is 5.56 Å². The maximum Gasteiger partial charge on any atom is 0.252 e. The second-order valence-electron chi connectivity index (χ2n) is 8.59. The molecule has 1 aromatic heterocycles. The fourth-order valence-electron chi connectivity index (χ4n) is 3.62. The van der Waals surface area contributed by atoms with Crippen LogP contribution >= 0.6 is 11.6 Å². The van der Waals surface area contributed by atoms with Crippen molar-refractivity contribution >= 4 is 35.2 Å². The molecule has 4 amide bonds. The molecular weight excluding hydrogens is 506 g/mol. The number of nitrogens with one attached hydrogen (secondary N) is 3. The molecule has 0 fully saturated rings. The summed E-state index contributed by atoms with van der Waals surface area (Å²) in [5.74, 6) is -1.09. The second-order valence-corrected chi connectivity index (χ2v) is 8.98. The summed E-state index contributed by atoms with van der Waals surface area (Å²) in [7, 11) is 0. The summed E-state index contributed by atoms with van der Waals surface area (Å²) in [6, 6.07) is 5.08. The van der Waals surface area contributed by atoms with Gasteiger partial charge in [-0.2, -0.15) is 0 Å². The predicted molar refractivity (Wildman–Crippen MR) is 132 cm³/mol. The van der Waals surface area contributed by atoms with E-state index in [9.17, 15) is 24.3 Å². The highest BCUT2D eigenvalue weighted by Crippen LogP contribution is 2.20. The number of aliphatic hydroxyl groups is 1. The van der Waals surface area contributed by atoms with Crippen LogP contribution in [0.3, 0.4) is 0 Å². The number of hydrogen-bond donors (Lipinski definition) is 4. The van der Waals surface area contributed by atoms with Gasteiger partial charge in [-0.3, -0.25) is 19.2 Å². The number of halogens is 1. The Morgan fingerprint density at radius 2 is 2.03 bits per heavy atom. The topological polar surface area (TPSA) is 163 Å². The zero-order chi connectivity index (χ0) is 26.9. The van der Waals surface area contributed by atoms with E-state index in [4.69, 9.17) is 20.9 Å². The van der Waals surface area contributed by atoms with Gasteiger partial charge in [0.1, 0.15) is 24.2 Å². The van der Waals surface area contributed by atoms with Crippen molar-refractivity contribution in [3.05, 3.63) is 46.3 Å². The molecule has 1 aliphatic heterocycles. The lowest BCUT2D eigenvalue weighted by molar-refractivity contribution is -0.136. The molecule has 200 valence electrons. The van der Waals surface area contributed by atoms with E-state index in [1.807, 2.05) is 0 Å². The molecule has 1 aliphatic rings. The van der Waals surface area contributed by atoms with E-state index in [1.54, 1.807) is 19.1 Å². The van der Waals surface area contributed by atoms with Crippen LogP contribution < -0.4 is 20.7 Å². The van der Waals surface area contributed by atoms with Crippen LogP contribution in [-0.2, 0) is 20.8 Å². The summed E-state index contributed by atoms with van der Waals surface area (Å²) in [5.41, 5.74) is 1.02. The predicted octanol–water partition coefficient (Wildman–Crippen LogP) is 0.202. The van der Waals surface area contributed by atoms with Gasteiger partial charge in [-0.1, -0.05) is 22.8 Å². The normalized spacial score (nSPS) is 18.6. The molecule has 13 heteroatoms. The first-order chi connectivity index (χ1) is 17.6. The van der Waals surface area contributed by atoms with E-state index >= 15 is 0 Å². The van der Waals surface area contributed by atoms with Crippen molar-refractivity contribution in [1.29, 1.82) is 0 Å². The van der Waals surface area contributed by atoms with Crippen LogP contribution in [0.25, 0.3) is 0 Å². The number of hydrogen-bond acceptors (Lipinski definition) is 8. The van der Waals surface area contributed by atoms with Gasteiger partial charge in [0, 0.05) is 37.6 Å². The molecule has 0 radical (unpaired) electrons. The molecule has 1 aromatic carbocycles. The fourth-order valence-corrected chi connectivity index (χ4v) is 3.77. The van der Waals surface area contributed by atoms with E-state index in [1.165, 1.54) is 24.0 Å². The molecule has 12 nitrogen and oxygen atoms in total. The minimum atomic E-state index is -1.24. The number of amides is 4. The van der Waals surface area contributed by atoms with Crippen LogP contribution in [0, 0.1) is 6.92 Å². The van der Waals surface area contributed by atoms with Gasteiger partial charge >= 0.3 is 0 Å². The number of aliphatic hydroxyl groups excluding tert-OH is 1. The van der Waals surface area contributed by atoms with Crippen LogP contribution in [0.1, 0.15) is 35.0 Å². The molecule has 0 unspecified atom stereocenters. The average molecular weight is 536 g/mol. The van der Waals surface area contributed by atoms with Crippen molar-refractivity contribution < 1.29 is 33.5 Å². The van der Waals surface area contributed by atoms with Crippen LogP contribution in [-0.4, -0.2) is 83.7 Å². The lowest BCUT2D eigenvalue weighted by Gasteiger charge is -2.24. The van der Waals surface area contributed by atoms with E-state index < -0.39 is 29.9 Å². The van der Waals surface area contributed by atoms with Gasteiger partial charge < -0.3 is 35.2 Å². The molecular formula is C24H30ClN5O7. The van der Waals surface area contributed by atoms with Crippen LogP contribution in [0.15, 0.2) is 28.8 Å². The molecule has 2 heterocycles. The number of nitrogens with zero attached hydrogens (tertiary/aromatic N) is 2. The zero-order valence-electron chi connectivity index (χ0n) is 20.6. The highest BCUT2D eigenvalue weighted by atomic mass is 35.5. The Kier molecular flexibility index (Phi) is 9.86. The first-order valence-corrected chi connectivity index (χ1v) is 12.2. The van der Waals surface area contributed by atoms with Gasteiger partial charge in [-0.25, -0.2) is 0 Å². The quantitative estimate of drug-likeness (QED) is 0.431. The molecule has 0 aliphatic carbocycles. The van der Waals surface area contributed by atoms with Gasteiger partial charge in [0.05, 0.1) is 19.2 Å². The summed E-state index contributed by atoms with van der Waals surface area (Å²) >= 11 is 5.74. The number of rotatable bonds is 4. The van der Waals surface area contributed by atoms with Crippen LogP contribution in [0.4, 0.5) is 0 Å². The number of benzene rings is 1. The summed E-state index contributed by atoms with van der Waals surface area (Å²) in [6.07, 6.45) is -0.938. The summed E-state index contributed by atoms with van der Waals surface area (Å²) in [4.78, 5) is 52.2. The van der Waals surface area contributed by atoms with Crippen molar-refractivity contribution in [1.82, 2.24) is 26.0 Å². The molecule has 3 rings (SSSR count). The molecule has 2 atom stereocenters. The molecule has 0 saturated carbocycles. The maximum absolute atomic E-state index is 12.9. The van der Waals surface area contributed by atoms with Crippen molar-refractivity contribution in [3.8, 4) is 5.75 Å². The molecule has 2 aromatic rings. The minimum absolute atomic E-state index is 0.0110. The van der Waals surface area contributed by atoms with Crippen LogP contribution in [0.5, 0.6) is 5.75 Å².